The SMILES string of the molecule is CCCN1CC=C[C@]2(C)O[C@]34C=CCN(C(C)(C)C)C(=O)C3N(CCCCCCO)C(=O)[C@@H]4[C@@H]2C1=O. The number of carbonyl (C=O) groups excluding carboxylic acids is 3. The van der Waals surface area contributed by atoms with E-state index in [1.807, 2.05) is 68.7 Å². The highest BCUT2D eigenvalue weighted by Gasteiger charge is 2.74. The summed E-state index contributed by atoms with van der Waals surface area (Å²) in [5.74, 6) is -1.79. The molecule has 36 heavy (non-hydrogen) atoms. The van der Waals surface area contributed by atoms with E-state index in [0.29, 0.717) is 26.2 Å². The molecule has 4 heterocycles. The smallest absolute Gasteiger partial charge is 0.249 e. The van der Waals surface area contributed by atoms with Crippen molar-refractivity contribution >= 4 is 17.7 Å². The first-order valence-corrected chi connectivity index (χ1v) is 13.6. The quantitative estimate of drug-likeness (QED) is 0.408. The second kappa shape index (κ2) is 9.93. The molecule has 1 spiro atoms. The molecule has 0 aromatic carbocycles. The molecule has 5 atom stereocenters. The van der Waals surface area contributed by atoms with Crippen molar-refractivity contribution in [3.05, 3.63) is 24.3 Å². The van der Waals surface area contributed by atoms with Crippen LogP contribution in [0.1, 0.15) is 66.7 Å². The number of fused-ring (bicyclic) bond motifs is 2. The van der Waals surface area contributed by atoms with Crippen molar-refractivity contribution in [2.75, 3.05) is 32.8 Å². The molecule has 0 bridgehead atoms. The summed E-state index contributed by atoms with van der Waals surface area (Å²) < 4.78 is 6.84. The molecule has 2 fully saturated rings. The molecule has 200 valence electrons. The fraction of sp³-hybridized carbons (Fsp3) is 0.750. The van der Waals surface area contributed by atoms with E-state index < -0.39 is 34.6 Å². The normalized spacial score (nSPS) is 34.1. The van der Waals surface area contributed by atoms with E-state index in [1.165, 1.54) is 0 Å². The van der Waals surface area contributed by atoms with E-state index >= 15 is 0 Å². The van der Waals surface area contributed by atoms with Gasteiger partial charge < -0.3 is 24.5 Å². The van der Waals surface area contributed by atoms with Crippen LogP contribution in [0.2, 0.25) is 0 Å². The van der Waals surface area contributed by atoms with E-state index in [0.717, 1.165) is 32.1 Å². The lowest BCUT2D eigenvalue weighted by Crippen LogP contribution is -2.59. The number of aliphatic hydroxyl groups is 1. The van der Waals surface area contributed by atoms with Crippen LogP contribution in [-0.4, -0.2) is 93.1 Å². The maximum absolute atomic E-state index is 14.2. The van der Waals surface area contributed by atoms with E-state index in [-0.39, 0.29) is 24.3 Å². The molecule has 2 saturated heterocycles. The van der Waals surface area contributed by atoms with Gasteiger partial charge in [0.1, 0.15) is 11.6 Å². The summed E-state index contributed by atoms with van der Waals surface area (Å²) in [6, 6.07) is -0.810. The largest absolute Gasteiger partial charge is 0.396 e. The topological polar surface area (TPSA) is 90.4 Å². The third-order valence-corrected chi connectivity index (χ3v) is 8.25. The van der Waals surface area contributed by atoms with E-state index in [2.05, 4.69) is 0 Å². The van der Waals surface area contributed by atoms with Crippen LogP contribution >= 0.6 is 0 Å². The minimum Gasteiger partial charge on any atom is -0.396 e. The summed E-state index contributed by atoms with van der Waals surface area (Å²) >= 11 is 0. The van der Waals surface area contributed by atoms with E-state index in [1.54, 1.807) is 4.90 Å². The molecule has 8 nitrogen and oxygen atoms in total. The number of hydrogen-bond acceptors (Lipinski definition) is 5. The Morgan fingerprint density at radius 3 is 2.31 bits per heavy atom. The maximum atomic E-state index is 14.2. The van der Waals surface area contributed by atoms with Crippen LogP contribution in [0.25, 0.3) is 0 Å². The van der Waals surface area contributed by atoms with Gasteiger partial charge in [0.25, 0.3) is 0 Å². The lowest BCUT2D eigenvalue weighted by molar-refractivity contribution is -0.155. The molecule has 8 heteroatoms. The zero-order valence-corrected chi connectivity index (χ0v) is 22.5. The van der Waals surface area contributed by atoms with Gasteiger partial charge in [-0.1, -0.05) is 44.1 Å². The Morgan fingerprint density at radius 1 is 0.944 bits per heavy atom. The minimum atomic E-state index is -1.19. The second-order valence-corrected chi connectivity index (χ2v) is 11.9. The van der Waals surface area contributed by atoms with Crippen LogP contribution in [-0.2, 0) is 19.1 Å². The Hall–Kier alpha value is -2.19. The van der Waals surface area contributed by atoms with Gasteiger partial charge in [-0.15, -0.1) is 0 Å². The van der Waals surface area contributed by atoms with Gasteiger partial charge in [-0.2, -0.15) is 0 Å². The van der Waals surface area contributed by atoms with Gasteiger partial charge in [-0.25, -0.2) is 0 Å². The van der Waals surface area contributed by atoms with Crippen LogP contribution in [0.15, 0.2) is 24.3 Å². The fourth-order valence-corrected chi connectivity index (χ4v) is 6.63. The minimum absolute atomic E-state index is 0.0686. The van der Waals surface area contributed by atoms with Gasteiger partial charge in [-0.3, -0.25) is 14.4 Å². The molecule has 0 saturated carbocycles. The Bertz CT molecular complexity index is 940. The highest BCUT2D eigenvalue weighted by molar-refractivity contribution is 6.00. The highest BCUT2D eigenvalue weighted by atomic mass is 16.5. The Labute approximate surface area is 215 Å². The summed E-state index contributed by atoms with van der Waals surface area (Å²) in [4.78, 5) is 47.6. The molecular formula is C28H43N3O5. The zero-order valence-electron chi connectivity index (χ0n) is 22.5. The van der Waals surface area contributed by atoms with E-state index in [9.17, 15) is 14.4 Å². The molecule has 1 unspecified atom stereocenters. The third kappa shape index (κ3) is 4.30. The predicted molar refractivity (Wildman–Crippen MR) is 137 cm³/mol. The standard InChI is InChI=1S/C28H43N3O5/c1-6-15-29-16-11-13-27(5)20(23(29)33)21-24(34)30(17-9-7-8-10-19-32)22-25(35)31(26(2,3)4)18-12-14-28(21,22)36-27/h11-14,20-22,32H,6-10,15-19H2,1-5H3/t20-,21+,22?,27+,28+/m1/s1. The van der Waals surface area contributed by atoms with Crippen molar-refractivity contribution in [1.82, 2.24) is 14.7 Å². The third-order valence-electron chi connectivity index (χ3n) is 8.25. The summed E-state index contributed by atoms with van der Waals surface area (Å²) in [5, 5.41) is 9.11. The van der Waals surface area contributed by atoms with Crippen molar-refractivity contribution in [1.29, 1.82) is 0 Å². The molecule has 0 aliphatic carbocycles. The summed E-state index contributed by atoms with van der Waals surface area (Å²) in [7, 11) is 0. The van der Waals surface area contributed by atoms with Crippen LogP contribution in [0, 0.1) is 11.8 Å². The molecule has 0 aromatic heterocycles. The first-order valence-electron chi connectivity index (χ1n) is 13.6. The predicted octanol–water partition coefficient (Wildman–Crippen LogP) is 2.52. The zero-order chi connectivity index (χ0) is 26.3. The molecule has 4 rings (SSSR count). The number of unbranched alkanes of at least 4 members (excludes halogenated alkanes) is 3. The Balaban J connectivity index is 1.77. The van der Waals surface area contributed by atoms with Crippen LogP contribution < -0.4 is 0 Å². The number of hydrogen-bond donors (Lipinski definition) is 1. The van der Waals surface area contributed by atoms with Crippen molar-refractivity contribution < 1.29 is 24.2 Å². The Kier molecular flexibility index (Phi) is 7.41. The summed E-state index contributed by atoms with van der Waals surface area (Å²) in [6.07, 6.45) is 11.8. The van der Waals surface area contributed by atoms with Gasteiger partial charge in [0, 0.05) is 38.3 Å². The second-order valence-electron chi connectivity index (χ2n) is 11.9. The van der Waals surface area contributed by atoms with Gasteiger partial charge >= 0.3 is 0 Å². The number of likely N-dealkylation sites (tertiary alicyclic amines) is 1. The van der Waals surface area contributed by atoms with Crippen molar-refractivity contribution in [2.45, 2.75) is 89.5 Å². The molecule has 3 amide bonds. The lowest BCUT2D eigenvalue weighted by Gasteiger charge is -2.41. The van der Waals surface area contributed by atoms with Gasteiger partial charge in [-0.05, 0) is 47.0 Å². The number of rotatable bonds is 8. The summed E-state index contributed by atoms with van der Waals surface area (Å²) in [6.45, 7) is 12.1. The maximum Gasteiger partial charge on any atom is 0.249 e. The Morgan fingerprint density at radius 2 is 1.64 bits per heavy atom. The van der Waals surface area contributed by atoms with Gasteiger partial charge in [0.05, 0.1) is 17.4 Å². The first-order chi connectivity index (χ1) is 17.0. The van der Waals surface area contributed by atoms with E-state index in [4.69, 9.17) is 9.84 Å². The monoisotopic (exact) mass is 501 g/mol. The molecule has 4 aliphatic rings. The average Bonchev–Trinajstić information content (AvgIpc) is 3.06. The number of ether oxygens (including phenoxy) is 1. The van der Waals surface area contributed by atoms with Crippen LogP contribution in [0.5, 0.6) is 0 Å². The summed E-state index contributed by atoms with van der Waals surface area (Å²) in [5.41, 5.74) is -2.58. The van der Waals surface area contributed by atoms with Crippen molar-refractivity contribution in [3.63, 3.8) is 0 Å². The molecule has 0 radical (unpaired) electrons. The molecular weight excluding hydrogens is 458 g/mol. The molecule has 0 aromatic rings. The average molecular weight is 502 g/mol. The molecule has 4 aliphatic heterocycles. The fourth-order valence-electron chi connectivity index (χ4n) is 6.63. The number of carbonyl (C=O) groups is 3. The van der Waals surface area contributed by atoms with Crippen LogP contribution in [0.3, 0.4) is 0 Å². The molecule has 1 N–H and O–H groups in total. The highest BCUT2D eigenvalue weighted by Crippen LogP contribution is 2.57. The number of aliphatic hydroxyl groups excluding tert-OH is 1. The number of amides is 3. The number of nitrogens with zero attached hydrogens (tertiary/aromatic N) is 3. The van der Waals surface area contributed by atoms with Gasteiger partial charge in [0.15, 0.2) is 0 Å². The van der Waals surface area contributed by atoms with Crippen molar-refractivity contribution in [3.8, 4) is 0 Å². The first kappa shape index (κ1) is 26.9. The van der Waals surface area contributed by atoms with Gasteiger partial charge in [0.2, 0.25) is 17.7 Å². The lowest BCUT2D eigenvalue weighted by atomic mass is 9.74. The van der Waals surface area contributed by atoms with Crippen molar-refractivity contribution in [2.24, 2.45) is 11.8 Å². The van der Waals surface area contributed by atoms with Crippen LogP contribution in [0.4, 0.5) is 0 Å².